The number of benzene rings is 3. The lowest BCUT2D eigenvalue weighted by Crippen LogP contribution is -2.29. The molecule has 0 aliphatic heterocycles. The number of rotatable bonds is 7. The van der Waals surface area contributed by atoms with Gasteiger partial charge in [0.25, 0.3) is 0 Å². The molecular formula is C21H19ClFNO4S. The topological polar surface area (TPSA) is 64.6 Å². The summed E-state index contributed by atoms with van der Waals surface area (Å²) in [5.41, 5.74) is 1.38. The fourth-order valence-electron chi connectivity index (χ4n) is 2.83. The van der Waals surface area contributed by atoms with Crippen molar-refractivity contribution in [2.75, 3.05) is 14.2 Å². The summed E-state index contributed by atoms with van der Waals surface area (Å²) in [7, 11) is -0.944. The molecule has 0 unspecified atom stereocenters. The molecule has 0 spiro atoms. The zero-order chi connectivity index (χ0) is 21.0. The fraction of sp³-hybridized carbons (Fsp3) is 0.143. The van der Waals surface area contributed by atoms with Crippen molar-refractivity contribution >= 4 is 21.6 Å². The minimum atomic E-state index is -4.05. The zero-order valence-corrected chi connectivity index (χ0v) is 17.3. The number of sulfonamides is 1. The van der Waals surface area contributed by atoms with Gasteiger partial charge in [-0.15, -0.1) is 0 Å². The maximum atomic E-state index is 13.3. The second-order valence-electron chi connectivity index (χ2n) is 6.18. The van der Waals surface area contributed by atoms with E-state index in [-0.39, 0.29) is 9.92 Å². The van der Waals surface area contributed by atoms with Gasteiger partial charge in [-0.25, -0.2) is 12.8 Å². The summed E-state index contributed by atoms with van der Waals surface area (Å²) < 4.78 is 52.4. The van der Waals surface area contributed by atoms with Gasteiger partial charge in [0.2, 0.25) is 10.0 Å². The predicted molar refractivity (Wildman–Crippen MR) is 110 cm³/mol. The second-order valence-corrected chi connectivity index (χ2v) is 8.26. The van der Waals surface area contributed by atoms with Crippen LogP contribution in [0.4, 0.5) is 4.39 Å². The maximum absolute atomic E-state index is 13.3. The van der Waals surface area contributed by atoms with E-state index in [2.05, 4.69) is 4.72 Å². The van der Waals surface area contributed by atoms with Crippen molar-refractivity contribution in [2.45, 2.75) is 10.9 Å². The van der Waals surface area contributed by atoms with Crippen LogP contribution >= 0.6 is 11.6 Å². The van der Waals surface area contributed by atoms with Gasteiger partial charge in [-0.3, -0.25) is 0 Å². The minimum absolute atomic E-state index is 0.194. The van der Waals surface area contributed by atoms with E-state index in [1.165, 1.54) is 0 Å². The molecule has 0 radical (unpaired) electrons. The molecule has 0 atom stereocenters. The van der Waals surface area contributed by atoms with Crippen molar-refractivity contribution in [3.05, 3.63) is 88.7 Å². The van der Waals surface area contributed by atoms with Crippen LogP contribution in [0.25, 0.3) is 0 Å². The lowest BCUT2D eigenvalue weighted by Gasteiger charge is -2.21. The minimum Gasteiger partial charge on any atom is -0.497 e. The average Bonchev–Trinajstić information content (AvgIpc) is 2.72. The Labute approximate surface area is 174 Å². The first kappa shape index (κ1) is 21.1. The molecule has 0 fully saturated rings. The van der Waals surface area contributed by atoms with Crippen LogP contribution in [0.5, 0.6) is 11.5 Å². The quantitative estimate of drug-likeness (QED) is 0.590. The van der Waals surface area contributed by atoms with Gasteiger partial charge in [-0.05, 0) is 53.6 Å². The van der Waals surface area contributed by atoms with Gasteiger partial charge in [-0.2, -0.15) is 4.72 Å². The van der Waals surface area contributed by atoms with Crippen LogP contribution in [0.1, 0.15) is 17.2 Å². The van der Waals surface area contributed by atoms with Crippen molar-refractivity contribution in [3.63, 3.8) is 0 Å². The lowest BCUT2D eigenvalue weighted by molar-refractivity contribution is 0.414. The molecule has 0 heterocycles. The Morgan fingerprint density at radius 3 is 1.76 bits per heavy atom. The monoisotopic (exact) mass is 435 g/mol. The summed E-state index contributed by atoms with van der Waals surface area (Å²) in [4.78, 5) is -0.201. The van der Waals surface area contributed by atoms with Crippen molar-refractivity contribution in [1.29, 1.82) is 0 Å². The Morgan fingerprint density at radius 1 is 0.862 bits per heavy atom. The first-order chi connectivity index (χ1) is 13.8. The molecule has 0 bridgehead atoms. The van der Waals surface area contributed by atoms with Crippen LogP contribution in [0.3, 0.4) is 0 Å². The molecule has 29 heavy (non-hydrogen) atoms. The van der Waals surface area contributed by atoms with Gasteiger partial charge in [-0.1, -0.05) is 35.9 Å². The van der Waals surface area contributed by atoms with Gasteiger partial charge >= 0.3 is 0 Å². The molecule has 0 saturated heterocycles. The Balaban J connectivity index is 2.03. The first-order valence-electron chi connectivity index (χ1n) is 8.59. The molecular weight excluding hydrogens is 417 g/mol. The summed E-state index contributed by atoms with van der Waals surface area (Å²) in [5, 5.41) is -0.194. The van der Waals surface area contributed by atoms with Crippen LogP contribution in [0.15, 0.2) is 71.6 Å². The van der Waals surface area contributed by atoms with Crippen molar-refractivity contribution in [1.82, 2.24) is 4.72 Å². The smallest absolute Gasteiger partial charge is 0.242 e. The number of methoxy groups -OCH3 is 2. The molecule has 3 aromatic carbocycles. The molecule has 0 saturated carbocycles. The highest BCUT2D eigenvalue weighted by atomic mass is 35.5. The van der Waals surface area contributed by atoms with Crippen LogP contribution in [0, 0.1) is 5.82 Å². The highest BCUT2D eigenvalue weighted by Crippen LogP contribution is 2.29. The van der Waals surface area contributed by atoms with E-state index in [9.17, 15) is 12.8 Å². The Kier molecular flexibility index (Phi) is 6.42. The molecule has 0 aliphatic rings. The number of ether oxygens (including phenoxy) is 2. The Bertz CT molecular complexity index is 1040. The van der Waals surface area contributed by atoms with Gasteiger partial charge in [0.05, 0.1) is 25.3 Å². The summed E-state index contributed by atoms with van der Waals surface area (Å²) in [5.74, 6) is 0.675. The highest BCUT2D eigenvalue weighted by Gasteiger charge is 2.25. The highest BCUT2D eigenvalue weighted by molar-refractivity contribution is 7.89. The van der Waals surface area contributed by atoms with Crippen LogP contribution in [0.2, 0.25) is 5.02 Å². The van der Waals surface area contributed by atoms with E-state index >= 15 is 0 Å². The molecule has 0 aromatic heterocycles. The molecule has 0 amide bonds. The van der Waals surface area contributed by atoms with E-state index in [0.717, 1.165) is 18.2 Å². The Hall–Kier alpha value is -2.61. The third kappa shape index (κ3) is 4.87. The zero-order valence-electron chi connectivity index (χ0n) is 15.7. The maximum Gasteiger partial charge on any atom is 0.242 e. The number of nitrogens with one attached hydrogen (secondary N) is 1. The van der Waals surface area contributed by atoms with Gasteiger partial charge in [0.1, 0.15) is 22.2 Å². The average molecular weight is 436 g/mol. The third-order valence-electron chi connectivity index (χ3n) is 4.35. The number of hydrogen-bond donors (Lipinski definition) is 1. The number of halogens is 2. The molecule has 1 N–H and O–H groups in total. The summed E-state index contributed by atoms with van der Waals surface area (Å²) in [6.45, 7) is 0. The second kappa shape index (κ2) is 8.82. The molecule has 5 nitrogen and oxygen atoms in total. The van der Waals surface area contributed by atoms with Crippen LogP contribution in [-0.4, -0.2) is 22.6 Å². The molecule has 8 heteroatoms. The van der Waals surface area contributed by atoms with Crippen LogP contribution < -0.4 is 14.2 Å². The van der Waals surface area contributed by atoms with Gasteiger partial charge < -0.3 is 9.47 Å². The predicted octanol–water partition coefficient (Wildman–Crippen LogP) is 4.56. The summed E-state index contributed by atoms with van der Waals surface area (Å²) >= 11 is 5.98. The van der Waals surface area contributed by atoms with Gasteiger partial charge in [0, 0.05) is 0 Å². The molecule has 0 aliphatic carbocycles. The molecule has 3 aromatic rings. The van der Waals surface area contributed by atoms with Crippen molar-refractivity contribution < 1.29 is 22.3 Å². The first-order valence-corrected chi connectivity index (χ1v) is 10.5. The van der Waals surface area contributed by atoms with Crippen LogP contribution in [-0.2, 0) is 10.0 Å². The van der Waals surface area contributed by atoms with E-state index in [0.29, 0.717) is 22.6 Å². The SMILES string of the molecule is COc1ccc(C(NS(=O)(=O)c2ccc(F)cc2Cl)c2ccc(OC)cc2)cc1. The molecule has 152 valence electrons. The fourth-order valence-corrected chi connectivity index (χ4v) is 4.58. The van der Waals surface area contributed by atoms with E-state index < -0.39 is 21.9 Å². The lowest BCUT2D eigenvalue weighted by atomic mass is 9.99. The summed E-state index contributed by atoms with van der Waals surface area (Å²) in [6.07, 6.45) is 0. The summed E-state index contributed by atoms with van der Waals surface area (Å²) in [6, 6.07) is 16.5. The van der Waals surface area contributed by atoms with Gasteiger partial charge in [0.15, 0.2) is 0 Å². The normalized spacial score (nSPS) is 11.5. The Morgan fingerprint density at radius 2 is 1.34 bits per heavy atom. The number of hydrogen-bond acceptors (Lipinski definition) is 4. The van der Waals surface area contributed by atoms with E-state index in [4.69, 9.17) is 21.1 Å². The molecule has 3 rings (SSSR count). The van der Waals surface area contributed by atoms with Crippen molar-refractivity contribution in [2.24, 2.45) is 0 Å². The van der Waals surface area contributed by atoms with E-state index in [1.54, 1.807) is 62.8 Å². The van der Waals surface area contributed by atoms with E-state index in [1.807, 2.05) is 0 Å². The third-order valence-corrected chi connectivity index (χ3v) is 6.26. The van der Waals surface area contributed by atoms with Crippen molar-refractivity contribution in [3.8, 4) is 11.5 Å². The largest absolute Gasteiger partial charge is 0.497 e. The standard InChI is InChI=1S/C21H19ClFNO4S/c1-27-17-8-3-14(4-9-17)21(15-5-10-18(28-2)11-6-15)24-29(25,26)20-12-7-16(23)13-19(20)22/h3-13,21,24H,1-2H3.